The standard InChI is InChI=1S/C35H42F2N4O5/c1-22-16-29(44-5)26(24-10-14-41(30(22)24)32(43)46-33(2,3)4)19-40-15-11-34(20-35(36,37)21-34)18-28(40)25-9-8-23(31(42)45-6)17-27(25)39-13-7-12-38/h8-10,14,16-17,28,39H,7,11,13,15,18-21H2,1-6H3/t28-/m0/s1. The molecule has 1 saturated heterocycles. The van der Waals surface area contributed by atoms with Gasteiger partial charge < -0.3 is 19.5 Å². The number of hydrogen-bond acceptors (Lipinski definition) is 8. The van der Waals surface area contributed by atoms with Crippen molar-refractivity contribution in [3.63, 3.8) is 0 Å². The zero-order valence-electron chi connectivity index (χ0n) is 27.3. The Labute approximate surface area is 268 Å². The molecule has 2 heterocycles. The number of aryl methyl sites for hydroxylation is 1. The molecule has 1 N–H and O–H groups in total. The molecule has 1 aliphatic carbocycles. The second-order valence-corrected chi connectivity index (χ2v) is 13.6. The number of carbonyl (C=O) groups excluding carboxylic acids is 2. The molecule has 11 heteroatoms. The number of methoxy groups -OCH3 is 2. The Morgan fingerprint density at radius 1 is 1.15 bits per heavy atom. The van der Waals surface area contributed by atoms with E-state index in [4.69, 9.17) is 19.5 Å². The molecule has 2 aliphatic rings. The summed E-state index contributed by atoms with van der Waals surface area (Å²) in [5.41, 5.74) is 3.13. The van der Waals surface area contributed by atoms with E-state index in [1.165, 1.54) is 11.7 Å². The number of piperidine rings is 1. The normalized spacial score (nSPS) is 18.9. The number of alkyl halides is 2. The number of fused-ring (bicyclic) bond motifs is 1. The molecule has 2 fully saturated rings. The number of anilines is 1. The Bertz CT molecular complexity index is 1680. The molecule has 9 nitrogen and oxygen atoms in total. The number of aromatic nitrogens is 1. The summed E-state index contributed by atoms with van der Waals surface area (Å²) in [5.74, 6) is -2.51. The number of nitriles is 1. The summed E-state index contributed by atoms with van der Waals surface area (Å²) in [5, 5.41) is 13.3. The van der Waals surface area contributed by atoms with Crippen LogP contribution in [0.25, 0.3) is 10.9 Å². The van der Waals surface area contributed by atoms with Gasteiger partial charge in [-0.3, -0.25) is 9.47 Å². The van der Waals surface area contributed by atoms with Crippen LogP contribution in [0.1, 0.15) is 86.0 Å². The lowest BCUT2D eigenvalue weighted by Gasteiger charge is -2.55. The van der Waals surface area contributed by atoms with Crippen molar-refractivity contribution < 1.29 is 32.6 Å². The zero-order chi connectivity index (χ0) is 33.4. The third-order valence-electron chi connectivity index (χ3n) is 9.05. The Kier molecular flexibility index (Phi) is 9.06. The summed E-state index contributed by atoms with van der Waals surface area (Å²) < 4.78 is 46.6. The van der Waals surface area contributed by atoms with Gasteiger partial charge in [0.25, 0.3) is 0 Å². The molecule has 1 aliphatic heterocycles. The van der Waals surface area contributed by atoms with Gasteiger partial charge in [0.2, 0.25) is 5.92 Å². The fourth-order valence-electron chi connectivity index (χ4n) is 7.11. The second-order valence-electron chi connectivity index (χ2n) is 13.6. The molecule has 3 aromatic rings. The number of esters is 1. The minimum Gasteiger partial charge on any atom is -0.496 e. The van der Waals surface area contributed by atoms with Gasteiger partial charge in [-0.25, -0.2) is 18.4 Å². The Balaban J connectivity index is 1.58. The number of carbonyl (C=O) groups is 2. The lowest BCUT2D eigenvalue weighted by molar-refractivity contribution is -0.186. The van der Waals surface area contributed by atoms with Crippen LogP contribution in [0, 0.1) is 23.7 Å². The van der Waals surface area contributed by atoms with Gasteiger partial charge in [0, 0.05) is 54.8 Å². The molecule has 1 aromatic heterocycles. The molecule has 0 bridgehead atoms. The van der Waals surface area contributed by atoms with E-state index in [1.54, 1.807) is 25.4 Å². The Morgan fingerprint density at radius 3 is 2.52 bits per heavy atom. The van der Waals surface area contributed by atoms with Crippen LogP contribution in [0.2, 0.25) is 0 Å². The van der Waals surface area contributed by atoms with Crippen molar-refractivity contribution >= 4 is 28.7 Å². The van der Waals surface area contributed by atoms with Gasteiger partial charge in [0.15, 0.2) is 0 Å². The van der Waals surface area contributed by atoms with Crippen molar-refractivity contribution in [2.45, 2.75) is 83.9 Å². The van der Waals surface area contributed by atoms with Crippen molar-refractivity contribution in [2.75, 3.05) is 32.6 Å². The monoisotopic (exact) mass is 636 g/mol. The summed E-state index contributed by atoms with van der Waals surface area (Å²) >= 11 is 0. The molecule has 1 atom stereocenters. The fraction of sp³-hybridized carbons (Fsp3) is 0.514. The van der Waals surface area contributed by atoms with E-state index in [9.17, 15) is 18.4 Å². The first-order valence-corrected chi connectivity index (χ1v) is 15.6. The van der Waals surface area contributed by atoms with Crippen LogP contribution in [-0.4, -0.2) is 60.4 Å². The maximum atomic E-state index is 14.3. The summed E-state index contributed by atoms with van der Waals surface area (Å²) in [6.45, 7) is 8.71. The maximum Gasteiger partial charge on any atom is 0.419 e. The smallest absolute Gasteiger partial charge is 0.419 e. The van der Waals surface area contributed by atoms with Crippen LogP contribution in [-0.2, 0) is 16.0 Å². The number of likely N-dealkylation sites (tertiary alicyclic amines) is 1. The van der Waals surface area contributed by atoms with Crippen LogP contribution in [0.3, 0.4) is 0 Å². The minimum absolute atomic E-state index is 0.154. The third kappa shape index (κ3) is 6.68. The molecular weight excluding hydrogens is 594 g/mol. The lowest BCUT2D eigenvalue weighted by atomic mass is 9.58. The topological polar surface area (TPSA) is 106 Å². The first-order valence-electron chi connectivity index (χ1n) is 15.6. The molecule has 0 radical (unpaired) electrons. The molecule has 1 saturated carbocycles. The van der Waals surface area contributed by atoms with Crippen LogP contribution in [0.5, 0.6) is 5.75 Å². The van der Waals surface area contributed by atoms with Crippen molar-refractivity contribution in [2.24, 2.45) is 5.41 Å². The number of hydrogen-bond donors (Lipinski definition) is 1. The Hall–Kier alpha value is -4.17. The Morgan fingerprint density at radius 2 is 1.89 bits per heavy atom. The molecule has 2 aromatic carbocycles. The highest BCUT2D eigenvalue weighted by Gasteiger charge is 2.58. The van der Waals surface area contributed by atoms with Crippen molar-refractivity contribution in [3.8, 4) is 11.8 Å². The van der Waals surface area contributed by atoms with Crippen molar-refractivity contribution in [1.82, 2.24) is 9.47 Å². The quantitative estimate of drug-likeness (QED) is 0.199. The first kappa shape index (κ1) is 33.2. The van der Waals surface area contributed by atoms with E-state index in [1.807, 2.05) is 45.9 Å². The molecule has 46 heavy (non-hydrogen) atoms. The number of halogens is 2. The van der Waals surface area contributed by atoms with E-state index in [-0.39, 0.29) is 25.3 Å². The van der Waals surface area contributed by atoms with E-state index in [2.05, 4.69) is 16.3 Å². The average molecular weight is 637 g/mol. The van der Waals surface area contributed by atoms with Gasteiger partial charge in [-0.05, 0) is 87.9 Å². The van der Waals surface area contributed by atoms with Gasteiger partial charge in [-0.2, -0.15) is 5.26 Å². The maximum absolute atomic E-state index is 14.3. The highest BCUT2D eigenvalue weighted by atomic mass is 19.3. The summed E-state index contributed by atoms with van der Waals surface area (Å²) in [7, 11) is 2.92. The van der Waals surface area contributed by atoms with E-state index in [0.29, 0.717) is 49.5 Å². The van der Waals surface area contributed by atoms with Gasteiger partial charge in [-0.15, -0.1) is 0 Å². The number of rotatable bonds is 8. The third-order valence-corrected chi connectivity index (χ3v) is 9.05. The van der Waals surface area contributed by atoms with Crippen LogP contribution >= 0.6 is 0 Å². The number of nitrogens with one attached hydrogen (secondary N) is 1. The number of benzene rings is 2. The van der Waals surface area contributed by atoms with Gasteiger partial charge in [0.05, 0.1) is 37.8 Å². The van der Waals surface area contributed by atoms with E-state index >= 15 is 0 Å². The first-order chi connectivity index (χ1) is 21.7. The van der Waals surface area contributed by atoms with Gasteiger partial charge >= 0.3 is 12.1 Å². The summed E-state index contributed by atoms with van der Waals surface area (Å²) in [6, 6.07) is 10.9. The lowest BCUT2D eigenvalue weighted by Crippen LogP contribution is -2.53. The van der Waals surface area contributed by atoms with Gasteiger partial charge in [0.1, 0.15) is 11.4 Å². The second kappa shape index (κ2) is 12.6. The predicted molar refractivity (Wildman–Crippen MR) is 170 cm³/mol. The molecule has 0 amide bonds. The van der Waals surface area contributed by atoms with Crippen LogP contribution in [0.4, 0.5) is 19.3 Å². The number of nitrogens with zero attached hydrogens (tertiary/aromatic N) is 3. The van der Waals surface area contributed by atoms with Gasteiger partial charge in [-0.1, -0.05) is 6.07 Å². The van der Waals surface area contributed by atoms with Crippen molar-refractivity contribution in [3.05, 3.63) is 58.8 Å². The largest absolute Gasteiger partial charge is 0.496 e. The van der Waals surface area contributed by atoms with Crippen LogP contribution in [0.15, 0.2) is 36.5 Å². The fourth-order valence-corrected chi connectivity index (χ4v) is 7.11. The molecule has 0 unspecified atom stereocenters. The van der Waals surface area contributed by atoms with Crippen molar-refractivity contribution in [1.29, 1.82) is 5.26 Å². The average Bonchev–Trinajstić information content (AvgIpc) is 3.43. The minimum atomic E-state index is -2.67. The highest BCUT2D eigenvalue weighted by Crippen LogP contribution is 2.61. The summed E-state index contributed by atoms with van der Waals surface area (Å²) in [4.78, 5) is 27.9. The summed E-state index contributed by atoms with van der Waals surface area (Å²) in [6.07, 6.45) is 2.29. The number of ether oxygens (including phenoxy) is 3. The predicted octanol–water partition coefficient (Wildman–Crippen LogP) is 7.61. The molecule has 1 spiro atoms. The SMILES string of the molecule is COC(=O)c1ccc([C@@H]2CC3(CCN2Cc2c(OC)cc(C)c4c2ccn4C(=O)OC(C)(C)C)CC(F)(F)C3)c(NCCC#N)c1. The molecule has 246 valence electrons. The van der Waals surface area contributed by atoms with E-state index in [0.717, 1.165) is 27.6 Å². The molecular formula is C35H42F2N4O5. The zero-order valence-corrected chi connectivity index (χ0v) is 27.3. The molecule has 5 rings (SSSR count). The highest BCUT2D eigenvalue weighted by molar-refractivity contribution is 5.95. The van der Waals surface area contributed by atoms with Crippen LogP contribution < -0.4 is 10.1 Å². The van der Waals surface area contributed by atoms with E-state index < -0.39 is 29.0 Å².